The second-order valence-electron chi connectivity index (χ2n) is 8.31. The molecule has 2 saturated heterocycles. The van der Waals surface area contributed by atoms with Crippen LogP contribution in [0.15, 0.2) is 23.3 Å². The quantitative estimate of drug-likeness (QED) is 0.533. The van der Waals surface area contributed by atoms with Crippen molar-refractivity contribution >= 4 is 5.96 Å². The van der Waals surface area contributed by atoms with E-state index in [4.69, 9.17) is 14.2 Å². The predicted molar refractivity (Wildman–Crippen MR) is 112 cm³/mol. The molecular formula is C22H34N4O3. The molecule has 1 aliphatic carbocycles. The molecule has 3 fully saturated rings. The summed E-state index contributed by atoms with van der Waals surface area (Å²) in [4.78, 5) is 11.1. The lowest BCUT2D eigenvalue weighted by Gasteiger charge is -2.34. The normalized spacial score (nSPS) is 23.4. The summed E-state index contributed by atoms with van der Waals surface area (Å²) in [5.41, 5.74) is 1.15. The minimum Gasteiger partial charge on any atom is -0.477 e. The van der Waals surface area contributed by atoms with E-state index in [0.29, 0.717) is 18.8 Å². The Hall–Kier alpha value is -1.86. The maximum atomic E-state index is 6.08. The smallest absolute Gasteiger partial charge is 0.213 e. The standard InChI is InChI=1S/C22H34N4O3/c1-23-22(25-14-18-6-9-24-21(13-18)29-15-17-4-5-17)26-10-7-19(8-11-26)28-16-20-3-2-12-27-20/h6,9,13,17,19-20H,2-5,7-8,10-12,14-16H2,1H3,(H,23,25). The lowest BCUT2D eigenvalue weighted by molar-refractivity contribution is -0.0367. The number of guanidine groups is 1. The Morgan fingerprint density at radius 1 is 1.24 bits per heavy atom. The van der Waals surface area contributed by atoms with Gasteiger partial charge in [0.2, 0.25) is 5.88 Å². The molecule has 0 aromatic carbocycles. The topological polar surface area (TPSA) is 68.2 Å². The molecule has 0 bridgehead atoms. The molecule has 0 amide bonds. The molecule has 4 rings (SSSR count). The highest BCUT2D eigenvalue weighted by molar-refractivity contribution is 5.79. The first kappa shape index (κ1) is 20.4. The van der Waals surface area contributed by atoms with E-state index in [2.05, 4.69) is 20.2 Å². The Labute approximate surface area is 173 Å². The van der Waals surface area contributed by atoms with Crippen molar-refractivity contribution in [1.82, 2.24) is 15.2 Å². The highest BCUT2D eigenvalue weighted by atomic mass is 16.5. The third-order valence-electron chi connectivity index (χ3n) is 5.91. The number of nitrogens with one attached hydrogen (secondary N) is 1. The predicted octanol–water partition coefficient (Wildman–Crippen LogP) is 2.61. The van der Waals surface area contributed by atoms with Crippen LogP contribution < -0.4 is 10.1 Å². The lowest BCUT2D eigenvalue weighted by atomic mass is 10.1. The van der Waals surface area contributed by atoms with Crippen LogP contribution in [-0.4, -0.2) is 68.0 Å². The first-order valence-electron chi connectivity index (χ1n) is 11.1. The number of likely N-dealkylation sites (tertiary alicyclic amines) is 1. The highest BCUT2D eigenvalue weighted by Gasteiger charge is 2.24. The second kappa shape index (κ2) is 10.3. The van der Waals surface area contributed by atoms with E-state index in [1.54, 1.807) is 0 Å². The second-order valence-corrected chi connectivity index (χ2v) is 8.31. The van der Waals surface area contributed by atoms with Gasteiger partial charge in [-0.15, -0.1) is 0 Å². The molecule has 1 aromatic heterocycles. The number of ether oxygens (including phenoxy) is 3. The summed E-state index contributed by atoms with van der Waals surface area (Å²) >= 11 is 0. The molecule has 7 heteroatoms. The fourth-order valence-corrected chi connectivity index (χ4v) is 3.89. The van der Waals surface area contributed by atoms with Gasteiger partial charge in [-0.25, -0.2) is 4.98 Å². The molecular weight excluding hydrogens is 368 g/mol. The van der Waals surface area contributed by atoms with Crippen LogP contribution in [0.1, 0.15) is 44.1 Å². The third kappa shape index (κ3) is 6.31. The van der Waals surface area contributed by atoms with E-state index in [1.807, 2.05) is 25.4 Å². The molecule has 1 N–H and O–H groups in total. The van der Waals surface area contributed by atoms with Crippen LogP contribution in [0, 0.1) is 5.92 Å². The van der Waals surface area contributed by atoms with Crippen molar-refractivity contribution in [2.24, 2.45) is 10.9 Å². The monoisotopic (exact) mass is 402 g/mol. The third-order valence-corrected chi connectivity index (χ3v) is 5.91. The fraction of sp³-hybridized carbons (Fsp3) is 0.727. The minimum absolute atomic E-state index is 0.306. The average molecular weight is 403 g/mol. The molecule has 7 nitrogen and oxygen atoms in total. The van der Waals surface area contributed by atoms with Crippen molar-refractivity contribution in [3.05, 3.63) is 23.9 Å². The summed E-state index contributed by atoms with van der Waals surface area (Å²) in [6.07, 6.45) is 9.39. The van der Waals surface area contributed by atoms with Gasteiger partial charge in [-0.3, -0.25) is 4.99 Å². The molecule has 1 aromatic rings. The van der Waals surface area contributed by atoms with E-state index in [9.17, 15) is 0 Å². The number of nitrogens with zero attached hydrogens (tertiary/aromatic N) is 3. The Morgan fingerprint density at radius 2 is 2.10 bits per heavy atom. The molecule has 3 aliphatic rings. The minimum atomic E-state index is 0.306. The van der Waals surface area contributed by atoms with Gasteiger partial charge in [0.15, 0.2) is 5.96 Å². The van der Waals surface area contributed by atoms with Crippen molar-refractivity contribution in [2.45, 2.75) is 57.3 Å². The number of hydrogen-bond donors (Lipinski definition) is 1. The van der Waals surface area contributed by atoms with Gasteiger partial charge in [0.05, 0.1) is 25.4 Å². The largest absolute Gasteiger partial charge is 0.477 e. The zero-order valence-electron chi connectivity index (χ0n) is 17.5. The van der Waals surface area contributed by atoms with Crippen molar-refractivity contribution in [3.8, 4) is 5.88 Å². The first-order valence-corrected chi connectivity index (χ1v) is 11.1. The van der Waals surface area contributed by atoms with E-state index in [1.165, 1.54) is 19.3 Å². The maximum Gasteiger partial charge on any atom is 0.213 e. The molecule has 1 unspecified atom stereocenters. The Kier molecular flexibility index (Phi) is 7.22. The van der Waals surface area contributed by atoms with Gasteiger partial charge < -0.3 is 24.4 Å². The molecule has 2 aliphatic heterocycles. The van der Waals surface area contributed by atoms with Crippen LogP contribution in [0.4, 0.5) is 0 Å². The molecule has 1 atom stereocenters. The van der Waals surface area contributed by atoms with E-state index >= 15 is 0 Å². The SMILES string of the molecule is CN=C(NCc1ccnc(OCC2CC2)c1)N1CCC(OCC2CCCO2)CC1. The summed E-state index contributed by atoms with van der Waals surface area (Å²) in [7, 11) is 1.85. The Bertz CT molecular complexity index is 666. The van der Waals surface area contributed by atoms with Crippen molar-refractivity contribution < 1.29 is 14.2 Å². The maximum absolute atomic E-state index is 6.08. The molecule has 3 heterocycles. The van der Waals surface area contributed by atoms with Crippen LogP contribution in [0.2, 0.25) is 0 Å². The fourth-order valence-electron chi connectivity index (χ4n) is 3.89. The van der Waals surface area contributed by atoms with Gasteiger partial charge >= 0.3 is 0 Å². The number of piperidine rings is 1. The zero-order valence-corrected chi connectivity index (χ0v) is 17.5. The van der Waals surface area contributed by atoms with Crippen LogP contribution >= 0.6 is 0 Å². The van der Waals surface area contributed by atoms with Gasteiger partial charge in [0.1, 0.15) is 0 Å². The van der Waals surface area contributed by atoms with Crippen LogP contribution in [0.25, 0.3) is 0 Å². The zero-order chi connectivity index (χ0) is 19.9. The molecule has 1 saturated carbocycles. The molecule has 0 radical (unpaired) electrons. The summed E-state index contributed by atoms with van der Waals surface area (Å²) in [5.74, 6) is 2.39. The number of pyridine rings is 1. The summed E-state index contributed by atoms with van der Waals surface area (Å²) < 4.78 is 17.5. The van der Waals surface area contributed by atoms with E-state index in [0.717, 1.165) is 75.5 Å². The number of hydrogen-bond acceptors (Lipinski definition) is 5. The van der Waals surface area contributed by atoms with Gasteiger partial charge in [-0.1, -0.05) is 0 Å². The number of aliphatic imine (C=N–C) groups is 1. The van der Waals surface area contributed by atoms with Crippen molar-refractivity contribution in [3.63, 3.8) is 0 Å². The lowest BCUT2D eigenvalue weighted by Crippen LogP contribution is -2.47. The summed E-state index contributed by atoms with van der Waals surface area (Å²) in [6.45, 7) is 5.05. The first-order chi connectivity index (χ1) is 14.3. The average Bonchev–Trinajstić information content (AvgIpc) is 3.45. The molecule has 29 heavy (non-hydrogen) atoms. The van der Waals surface area contributed by atoms with Crippen LogP contribution in [-0.2, 0) is 16.0 Å². The van der Waals surface area contributed by atoms with Gasteiger partial charge in [-0.05, 0) is 56.1 Å². The Balaban J connectivity index is 1.19. The summed E-state index contributed by atoms with van der Waals surface area (Å²) in [6, 6.07) is 4.04. The van der Waals surface area contributed by atoms with Crippen LogP contribution in [0.5, 0.6) is 5.88 Å². The summed E-state index contributed by atoms with van der Waals surface area (Å²) in [5, 5.41) is 3.48. The molecule has 160 valence electrons. The van der Waals surface area contributed by atoms with Crippen LogP contribution in [0.3, 0.4) is 0 Å². The Morgan fingerprint density at radius 3 is 2.83 bits per heavy atom. The number of aromatic nitrogens is 1. The van der Waals surface area contributed by atoms with Gasteiger partial charge in [0, 0.05) is 45.6 Å². The highest BCUT2D eigenvalue weighted by Crippen LogP contribution is 2.29. The molecule has 0 spiro atoms. The number of rotatable bonds is 8. The van der Waals surface area contributed by atoms with Gasteiger partial charge in [0.25, 0.3) is 0 Å². The van der Waals surface area contributed by atoms with Crippen molar-refractivity contribution in [1.29, 1.82) is 0 Å². The van der Waals surface area contributed by atoms with E-state index < -0.39 is 0 Å². The van der Waals surface area contributed by atoms with Gasteiger partial charge in [-0.2, -0.15) is 0 Å². The van der Waals surface area contributed by atoms with Crippen molar-refractivity contribution in [2.75, 3.05) is 40.0 Å². The van der Waals surface area contributed by atoms with E-state index in [-0.39, 0.29) is 0 Å².